The fourth-order valence-corrected chi connectivity index (χ4v) is 3.58. The van der Waals surface area contributed by atoms with E-state index in [2.05, 4.69) is 10.3 Å². The zero-order valence-electron chi connectivity index (χ0n) is 10.7. The molecule has 0 spiro atoms. The summed E-state index contributed by atoms with van der Waals surface area (Å²) in [4.78, 5) is 15.6. The quantitative estimate of drug-likeness (QED) is 0.876. The normalized spacial score (nSPS) is 28.6. The minimum absolute atomic E-state index is 0.0758. The van der Waals surface area contributed by atoms with Crippen LogP contribution in [0, 0.1) is 23.6 Å². The average molecular weight is 263 g/mol. The van der Waals surface area contributed by atoms with Gasteiger partial charge in [-0.15, -0.1) is 0 Å². The van der Waals surface area contributed by atoms with Crippen LogP contribution in [0.4, 0.5) is 10.2 Å². The molecule has 102 valence electrons. The molecule has 2 saturated carbocycles. The zero-order valence-corrected chi connectivity index (χ0v) is 10.7. The van der Waals surface area contributed by atoms with Crippen LogP contribution in [0.15, 0.2) is 12.3 Å². The summed E-state index contributed by atoms with van der Waals surface area (Å²) in [6.07, 6.45) is 6.17. The van der Waals surface area contributed by atoms with E-state index < -0.39 is 5.82 Å². The number of pyridine rings is 1. The Hall–Kier alpha value is -1.65. The van der Waals surface area contributed by atoms with Crippen molar-refractivity contribution in [2.45, 2.75) is 25.7 Å². The third-order valence-corrected chi connectivity index (χ3v) is 4.54. The van der Waals surface area contributed by atoms with Crippen LogP contribution < -0.4 is 11.1 Å². The molecule has 0 aliphatic heterocycles. The lowest BCUT2D eigenvalue weighted by Gasteiger charge is -2.21. The van der Waals surface area contributed by atoms with Gasteiger partial charge in [0.1, 0.15) is 11.6 Å². The van der Waals surface area contributed by atoms with Gasteiger partial charge in [-0.1, -0.05) is 6.42 Å². The van der Waals surface area contributed by atoms with Crippen LogP contribution in [0.1, 0.15) is 36.0 Å². The lowest BCUT2D eigenvalue weighted by molar-refractivity contribution is 0.0942. The molecule has 0 aromatic carbocycles. The number of halogens is 1. The highest BCUT2D eigenvalue weighted by Gasteiger charge is 2.39. The van der Waals surface area contributed by atoms with Crippen LogP contribution in [0.3, 0.4) is 0 Å². The van der Waals surface area contributed by atoms with E-state index in [1.165, 1.54) is 25.7 Å². The van der Waals surface area contributed by atoms with Gasteiger partial charge >= 0.3 is 0 Å². The average Bonchev–Trinajstić information content (AvgIpc) is 3.01. The Morgan fingerprint density at radius 3 is 3.00 bits per heavy atom. The van der Waals surface area contributed by atoms with Crippen LogP contribution >= 0.6 is 0 Å². The summed E-state index contributed by atoms with van der Waals surface area (Å²) < 4.78 is 13.1. The molecule has 3 atom stereocenters. The Bertz CT molecular complexity index is 505. The van der Waals surface area contributed by atoms with E-state index in [9.17, 15) is 9.18 Å². The maximum absolute atomic E-state index is 13.1. The maximum atomic E-state index is 13.1. The number of aromatic nitrogens is 1. The number of hydrogen-bond donors (Lipinski definition) is 2. The van der Waals surface area contributed by atoms with Crippen LogP contribution in [0.2, 0.25) is 0 Å². The van der Waals surface area contributed by atoms with Gasteiger partial charge in [0.15, 0.2) is 0 Å². The molecule has 4 nitrogen and oxygen atoms in total. The number of amides is 1. The number of nitrogen functional groups attached to an aromatic ring is 1. The standard InChI is InChI=1S/C14H18FN3O/c15-11-5-12(13(16)17-7-11)14(19)18-6-10-4-8-1-2-9(10)3-8/h5,7-10H,1-4,6H2,(H2,16,17)(H,18,19). The number of nitrogens with two attached hydrogens (primary N) is 1. The Morgan fingerprint density at radius 1 is 1.47 bits per heavy atom. The number of rotatable bonds is 3. The fraction of sp³-hybridized carbons (Fsp3) is 0.571. The van der Waals surface area contributed by atoms with Gasteiger partial charge in [0, 0.05) is 6.54 Å². The molecule has 0 saturated heterocycles. The lowest BCUT2D eigenvalue weighted by Crippen LogP contribution is -2.32. The molecule has 2 aliphatic rings. The fourth-order valence-electron chi connectivity index (χ4n) is 3.58. The summed E-state index contributed by atoms with van der Waals surface area (Å²) in [6, 6.07) is 1.14. The van der Waals surface area contributed by atoms with E-state index in [1.54, 1.807) is 0 Å². The summed E-state index contributed by atoms with van der Waals surface area (Å²) in [5.41, 5.74) is 5.72. The van der Waals surface area contributed by atoms with Gasteiger partial charge < -0.3 is 11.1 Å². The van der Waals surface area contributed by atoms with Crippen molar-refractivity contribution in [1.82, 2.24) is 10.3 Å². The number of carbonyl (C=O) groups excluding carboxylic acids is 1. The molecular formula is C14H18FN3O. The highest BCUT2D eigenvalue weighted by Crippen LogP contribution is 2.47. The van der Waals surface area contributed by atoms with E-state index >= 15 is 0 Å². The van der Waals surface area contributed by atoms with E-state index in [0.29, 0.717) is 12.5 Å². The first-order valence-corrected chi connectivity index (χ1v) is 6.82. The zero-order chi connectivity index (χ0) is 13.4. The molecule has 1 aromatic heterocycles. The van der Waals surface area contributed by atoms with Crippen molar-refractivity contribution in [3.8, 4) is 0 Å². The number of anilines is 1. The summed E-state index contributed by atoms with van der Waals surface area (Å²) >= 11 is 0. The second kappa shape index (κ2) is 4.79. The largest absolute Gasteiger partial charge is 0.383 e. The van der Waals surface area contributed by atoms with Crippen LogP contribution in [0.5, 0.6) is 0 Å². The lowest BCUT2D eigenvalue weighted by atomic mass is 9.89. The Kier molecular flexibility index (Phi) is 3.12. The van der Waals surface area contributed by atoms with E-state index in [1.807, 2.05) is 0 Å². The van der Waals surface area contributed by atoms with Crippen molar-refractivity contribution >= 4 is 11.7 Å². The number of fused-ring (bicyclic) bond motifs is 2. The smallest absolute Gasteiger partial charge is 0.255 e. The third-order valence-electron chi connectivity index (χ3n) is 4.54. The van der Waals surface area contributed by atoms with Gasteiger partial charge in [0.25, 0.3) is 5.91 Å². The monoisotopic (exact) mass is 263 g/mol. The molecular weight excluding hydrogens is 245 g/mol. The number of nitrogens with zero attached hydrogens (tertiary/aromatic N) is 1. The first-order valence-electron chi connectivity index (χ1n) is 6.82. The van der Waals surface area contributed by atoms with Crippen molar-refractivity contribution in [2.75, 3.05) is 12.3 Å². The minimum Gasteiger partial charge on any atom is -0.383 e. The van der Waals surface area contributed by atoms with Crippen LogP contribution in [-0.2, 0) is 0 Å². The van der Waals surface area contributed by atoms with Gasteiger partial charge in [-0.05, 0) is 43.1 Å². The summed E-state index contributed by atoms with van der Waals surface area (Å²) in [5, 5.41) is 2.87. The number of carbonyl (C=O) groups is 1. The van der Waals surface area contributed by atoms with Gasteiger partial charge in [-0.25, -0.2) is 9.37 Å². The minimum atomic E-state index is -0.542. The van der Waals surface area contributed by atoms with Crippen molar-refractivity contribution in [3.05, 3.63) is 23.6 Å². The van der Waals surface area contributed by atoms with Gasteiger partial charge in [0.2, 0.25) is 0 Å². The predicted octanol–water partition coefficient (Wildman–Crippen LogP) is 1.97. The van der Waals surface area contributed by atoms with E-state index in [4.69, 9.17) is 5.73 Å². The highest BCUT2D eigenvalue weighted by molar-refractivity contribution is 5.98. The van der Waals surface area contributed by atoms with Crippen LogP contribution in [0.25, 0.3) is 0 Å². The molecule has 3 N–H and O–H groups in total. The molecule has 0 radical (unpaired) electrons. The first kappa shape index (κ1) is 12.4. The number of nitrogens with one attached hydrogen (secondary N) is 1. The Balaban J connectivity index is 1.61. The summed E-state index contributed by atoms with van der Waals surface area (Å²) in [5.74, 6) is 1.39. The molecule has 1 heterocycles. The molecule has 2 bridgehead atoms. The second-order valence-corrected chi connectivity index (χ2v) is 5.73. The molecule has 1 aromatic rings. The molecule has 5 heteroatoms. The highest BCUT2D eigenvalue weighted by atomic mass is 19.1. The summed E-state index contributed by atoms with van der Waals surface area (Å²) in [6.45, 7) is 0.663. The SMILES string of the molecule is Nc1ncc(F)cc1C(=O)NCC1CC2CCC1C2. The molecule has 1 amide bonds. The second-order valence-electron chi connectivity index (χ2n) is 5.73. The van der Waals surface area contributed by atoms with Crippen LogP contribution in [-0.4, -0.2) is 17.4 Å². The number of hydrogen-bond acceptors (Lipinski definition) is 3. The molecule has 2 aliphatic carbocycles. The van der Waals surface area contributed by atoms with E-state index in [0.717, 1.165) is 24.1 Å². The van der Waals surface area contributed by atoms with E-state index in [-0.39, 0.29) is 17.3 Å². The molecule has 2 fully saturated rings. The van der Waals surface area contributed by atoms with Gasteiger partial charge in [0.05, 0.1) is 11.8 Å². The van der Waals surface area contributed by atoms with Crippen molar-refractivity contribution in [3.63, 3.8) is 0 Å². The van der Waals surface area contributed by atoms with Gasteiger partial charge in [-0.2, -0.15) is 0 Å². The molecule has 19 heavy (non-hydrogen) atoms. The van der Waals surface area contributed by atoms with Crippen molar-refractivity contribution in [1.29, 1.82) is 0 Å². The molecule has 3 rings (SSSR count). The Morgan fingerprint density at radius 2 is 2.32 bits per heavy atom. The predicted molar refractivity (Wildman–Crippen MR) is 69.9 cm³/mol. The topological polar surface area (TPSA) is 68.0 Å². The first-order chi connectivity index (χ1) is 9.13. The Labute approximate surface area is 111 Å². The third kappa shape index (κ3) is 2.41. The maximum Gasteiger partial charge on any atom is 0.255 e. The summed E-state index contributed by atoms with van der Waals surface area (Å²) in [7, 11) is 0. The molecule has 3 unspecified atom stereocenters. The van der Waals surface area contributed by atoms with Gasteiger partial charge in [-0.3, -0.25) is 4.79 Å². The van der Waals surface area contributed by atoms with Crippen molar-refractivity contribution in [2.24, 2.45) is 17.8 Å². The van der Waals surface area contributed by atoms with Crippen molar-refractivity contribution < 1.29 is 9.18 Å².